The Morgan fingerprint density at radius 3 is 2.05 bits per heavy atom. The van der Waals surface area contributed by atoms with E-state index in [0.29, 0.717) is 0 Å². The summed E-state index contributed by atoms with van der Waals surface area (Å²) in [5.74, 6) is 0.954. The van der Waals surface area contributed by atoms with Gasteiger partial charge in [-0.05, 0) is 42.5 Å². The predicted octanol–water partition coefficient (Wildman–Crippen LogP) is 5.26. The van der Waals surface area contributed by atoms with Crippen molar-refractivity contribution in [2.24, 2.45) is 0 Å². The van der Waals surface area contributed by atoms with E-state index >= 15 is 0 Å². The van der Waals surface area contributed by atoms with Crippen molar-refractivity contribution in [3.8, 4) is 0 Å². The Morgan fingerprint density at radius 1 is 1.00 bits per heavy atom. The minimum atomic E-state index is 0.954. The molecule has 0 amide bonds. The van der Waals surface area contributed by atoms with Gasteiger partial charge in [-0.3, -0.25) is 0 Å². The van der Waals surface area contributed by atoms with Crippen LogP contribution in [0.3, 0.4) is 0 Å². The molecular weight excluding hydrogens is 256 g/mol. The lowest BCUT2D eigenvalue weighted by Gasteiger charge is -2.17. The van der Waals surface area contributed by atoms with Gasteiger partial charge in [0.2, 0.25) is 0 Å². The van der Waals surface area contributed by atoms with E-state index in [1.165, 1.54) is 27.8 Å². The van der Waals surface area contributed by atoms with Crippen LogP contribution >= 0.6 is 0 Å². The van der Waals surface area contributed by atoms with Crippen LogP contribution in [0.4, 0.5) is 0 Å². The Bertz CT molecular complexity index is 599. The van der Waals surface area contributed by atoms with Gasteiger partial charge < -0.3 is 4.74 Å². The Labute approximate surface area is 128 Å². The third-order valence-electron chi connectivity index (χ3n) is 3.77. The lowest BCUT2D eigenvalue weighted by Crippen LogP contribution is -2.01. The molecule has 0 unspecified atom stereocenters. The Morgan fingerprint density at radius 2 is 1.57 bits per heavy atom. The fourth-order valence-corrected chi connectivity index (χ4v) is 2.75. The quantitative estimate of drug-likeness (QED) is 0.536. The van der Waals surface area contributed by atoms with E-state index in [4.69, 9.17) is 4.74 Å². The Balaban J connectivity index is 2.59. The van der Waals surface area contributed by atoms with Crippen LogP contribution in [0.15, 0.2) is 42.5 Å². The second-order valence-electron chi connectivity index (χ2n) is 5.29. The number of hydrogen-bond acceptors (Lipinski definition) is 1. The van der Waals surface area contributed by atoms with Crippen molar-refractivity contribution < 1.29 is 4.74 Å². The van der Waals surface area contributed by atoms with Crippen LogP contribution in [0.1, 0.15) is 41.7 Å². The summed E-state index contributed by atoms with van der Waals surface area (Å²) in [5.41, 5.74) is 6.46. The van der Waals surface area contributed by atoms with E-state index < -0.39 is 0 Å². The third-order valence-corrected chi connectivity index (χ3v) is 3.77. The summed E-state index contributed by atoms with van der Waals surface area (Å²) < 4.78 is 5.73. The topological polar surface area (TPSA) is 9.23 Å². The molecule has 0 aliphatic carbocycles. The number of rotatable bonds is 5. The van der Waals surface area contributed by atoms with Gasteiger partial charge in [0.1, 0.15) is 5.76 Å². The summed E-state index contributed by atoms with van der Waals surface area (Å²) in [7, 11) is 1.76. The molecule has 1 nitrogen and oxygen atoms in total. The monoisotopic (exact) mass is 280 g/mol. The summed E-state index contributed by atoms with van der Waals surface area (Å²) in [6.45, 7) is 6.57. The number of ether oxygens (including phenoxy) is 1. The molecule has 21 heavy (non-hydrogen) atoms. The smallest absolute Gasteiger partial charge is 0.127 e. The highest BCUT2D eigenvalue weighted by atomic mass is 16.5. The van der Waals surface area contributed by atoms with Gasteiger partial charge in [0.15, 0.2) is 0 Å². The fourth-order valence-electron chi connectivity index (χ4n) is 2.75. The Kier molecular flexibility index (Phi) is 5.21. The molecule has 0 spiro atoms. The highest BCUT2D eigenvalue weighted by Crippen LogP contribution is 2.28. The lowest BCUT2D eigenvalue weighted by molar-refractivity contribution is 0.371. The van der Waals surface area contributed by atoms with E-state index in [1.807, 2.05) is 6.07 Å². The van der Waals surface area contributed by atoms with Crippen molar-refractivity contribution in [1.29, 1.82) is 0 Å². The number of methoxy groups -OCH3 is 1. The van der Waals surface area contributed by atoms with Crippen molar-refractivity contribution >= 4 is 11.8 Å². The summed E-state index contributed by atoms with van der Waals surface area (Å²) in [5, 5.41) is 0. The second-order valence-corrected chi connectivity index (χ2v) is 5.29. The second kappa shape index (κ2) is 7.12. The lowest BCUT2D eigenvalue weighted by atomic mass is 9.93. The molecule has 0 N–H and O–H groups in total. The molecule has 0 radical (unpaired) electrons. The van der Waals surface area contributed by atoms with Crippen LogP contribution in [-0.4, -0.2) is 7.11 Å². The van der Waals surface area contributed by atoms with E-state index in [9.17, 15) is 0 Å². The molecule has 0 saturated carbocycles. The van der Waals surface area contributed by atoms with Gasteiger partial charge in [0.05, 0.1) is 7.11 Å². The molecule has 2 aromatic carbocycles. The number of benzene rings is 2. The van der Waals surface area contributed by atoms with E-state index in [-0.39, 0.29) is 0 Å². The third kappa shape index (κ3) is 3.55. The van der Waals surface area contributed by atoms with Gasteiger partial charge in [0.25, 0.3) is 0 Å². The van der Waals surface area contributed by atoms with Gasteiger partial charge in [-0.1, -0.05) is 61.9 Å². The molecule has 0 aliphatic heterocycles. The first kappa shape index (κ1) is 15.4. The maximum atomic E-state index is 5.73. The minimum absolute atomic E-state index is 0.954. The maximum absolute atomic E-state index is 5.73. The van der Waals surface area contributed by atoms with Crippen molar-refractivity contribution in [2.75, 3.05) is 7.11 Å². The Hall–Kier alpha value is -2.02. The highest BCUT2D eigenvalue weighted by molar-refractivity contribution is 5.80. The predicted molar refractivity (Wildman–Crippen MR) is 91.3 cm³/mol. The van der Waals surface area contributed by atoms with Gasteiger partial charge in [0, 0.05) is 5.56 Å². The molecule has 0 aromatic heterocycles. The zero-order valence-electron chi connectivity index (χ0n) is 13.4. The summed E-state index contributed by atoms with van der Waals surface area (Å²) in [6.07, 6.45) is 4.15. The first-order valence-electron chi connectivity index (χ1n) is 7.63. The van der Waals surface area contributed by atoms with Crippen LogP contribution < -0.4 is 0 Å². The van der Waals surface area contributed by atoms with Gasteiger partial charge in [-0.15, -0.1) is 0 Å². The summed E-state index contributed by atoms with van der Waals surface area (Å²) >= 11 is 0. The van der Waals surface area contributed by atoms with E-state index in [0.717, 1.165) is 18.6 Å². The minimum Gasteiger partial charge on any atom is -0.496 e. The maximum Gasteiger partial charge on any atom is 0.127 e. The summed E-state index contributed by atoms with van der Waals surface area (Å²) in [6, 6.07) is 14.9. The molecule has 110 valence electrons. The van der Waals surface area contributed by atoms with Gasteiger partial charge >= 0.3 is 0 Å². The molecule has 0 atom stereocenters. The first-order chi connectivity index (χ1) is 10.2. The van der Waals surface area contributed by atoms with Crippen LogP contribution in [0.2, 0.25) is 0 Å². The van der Waals surface area contributed by atoms with E-state index in [2.05, 4.69) is 63.2 Å². The van der Waals surface area contributed by atoms with Crippen molar-refractivity contribution in [2.45, 2.75) is 33.6 Å². The molecule has 0 bridgehead atoms. The highest BCUT2D eigenvalue weighted by Gasteiger charge is 2.13. The number of aryl methyl sites for hydroxylation is 3. The molecule has 0 aliphatic rings. The van der Waals surface area contributed by atoms with Crippen molar-refractivity contribution in [3.63, 3.8) is 0 Å². The molecule has 0 fully saturated rings. The molecule has 0 heterocycles. The zero-order valence-corrected chi connectivity index (χ0v) is 13.4. The number of hydrogen-bond donors (Lipinski definition) is 0. The first-order valence-corrected chi connectivity index (χ1v) is 7.63. The fraction of sp³-hybridized carbons (Fsp3) is 0.300. The average Bonchev–Trinajstić information content (AvgIpc) is 2.53. The van der Waals surface area contributed by atoms with Gasteiger partial charge in [-0.2, -0.15) is 0 Å². The van der Waals surface area contributed by atoms with Crippen LogP contribution in [0.25, 0.3) is 11.8 Å². The van der Waals surface area contributed by atoms with Crippen LogP contribution in [0, 0.1) is 6.92 Å². The van der Waals surface area contributed by atoms with Crippen LogP contribution in [-0.2, 0) is 17.6 Å². The largest absolute Gasteiger partial charge is 0.496 e. The SMILES string of the molecule is CCc1cc(C)cc(CC)c1/C(=C/c1ccccc1)OC. The standard InChI is InChI=1S/C20H24O/c1-5-17-12-15(3)13-18(6-2)20(17)19(21-4)14-16-10-8-7-9-11-16/h7-14H,5-6H2,1-4H3/b19-14-. The molecule has 0 saturated heterocycles. The summed E-state index contributed by atoms with van der Waals surface area (Å²) in [4.78, 5) is 0. The average molecular weight is 280 g/mol. The molecule has 1 heteroatoms. The normalized spacial score (nSPS) is 11.5. The van der Waals surface area contributed by atoms with Gasteiger partial charge in [-0.25, -0.2) is 0 Å². The molecular formula is C20H24O. The van der Waals surface area contributed by atoms with E-state index in [1.54, 1.807) is 7.11 Å². The van der Waals surface area contributed by atoms with Crippen molar-refractivity contribution in [3.05, 3.63) is 70.3 Å². The van der Waals surface area contributed by atoms with Crippen LogP contribution in [0.5, 0.6) is 0 Å². The van der Waals surface area contributed by atoms with Crippen molar-refractivity contribution in [1.82, 2.24) is 0 Å². The molecule has 2 rings (SSSR count). The molecule has 2 aromatic rings. The zero-order chi connectivity index (χ0) is 15.2.